The molecule has 0 aliphatic rings. The molecule has 0 N–H and O–H groups in total. The van der Waals surface area contributed by atoms with Crippen LogP contribution in [0.25, 0.3) is 0 Å². The van der Waals surface area contributed by atoms with Crippen LogP contribution in [-0.2, 0) is 39.9 Å². The Morgan fingerprint density at radius 2 is 0.914 bits per heavy atom. The standard InChI is InChI=1S/C35H56/c1-31(2,3)26-19-20-27(32(4,5)6)25(23-26)18-16-17-24-21-28(33(7,8)9)30(35(13,14)15)29(22-24)34(10,11)12/h19-23H,16-18H2,1-15H3. The maximum atomic E-state index is 2.53. The molecule has 0 heterocycles. The lowest BCUT2D eigenvalue weighted by Gasteiger charge is -2.37. The van der Waals surface area contributed by atoms with Crippen LogP contribution in [0, 0.1) is 0 Å². The maximum Gasteiger partial charge on any atom is -0.0126 e. The molecule has 196 valence electrons. The summed E-state index contributed by atoms with van der Waals surface area (Å²) >= 11 is 0. The van der Waals surface area contributed by atoms with Crippen molar-refractivity contribution < 1.29 is 0 Å². The molecule has 0 aliphatic heterocycles. The van der Waals surface area contributed by atoms with Crippen LogP contribution in [0.4, 0.5) is 0 Å². The Hall–Kier alpha value is -1.56. The van der Waals surface area contributed by atoms with Crippen molar-refractivity contribution in [2.45, 2.75) is 150 Å². The molecule has 0 bridgehead atoms. The van der Waals surface area contributed by atoms with Crippen LogP contribution in [0.5, 0.6) is 0 Å². The zero-order chi connectivity index (χ0) is 27.2. The fourth-order valence-corrected chi connectivity index (χ4v) is 5.32. The average molecular weight is 477 g/mol. The highest BCUT2D eigenvalue weighted by Gasteiger charge is 2.32. The first-order valence-corrected chi connectivity index (χ1v) is 13.8. The molecule has 0 nitrogen and oxygen atoms in total. The quantitative estimate of drug-likeness (QED) is 0.411. The zero-order valence-corrected chi connectivity index (χ0v) is 26.0. The average Bonchev–Trinajstić information content (AvgIpc) is 2.63. The highest BCUT2D eigenvalue weighted by atomic mass is 14.4. The Balaban J connectivity index is 2.50. The number of hydrogen-bond acceptors (Lipinski definition) is 0. The van der Waals surface area contributed by atoms with Gasteiger partial charge in [0.1, 0.15) is 0 Å². The van der Waals surface area contributed by atoms with Crippen LogP contribution in [0.3, 0.4) is 0 Å². The minimum atomic E-state index is 0.124. The molecule has 0 aliphatic carbocycles. The Morgan fingerprint density at radius 3 is 1.29 bits per heavy atom. The van der Waals surface area contributed by atoms with Gasteiger partial charge >= 0.3 is 0 Å². The van der Waals surface area contributed by atoms with Gasteiger partial charge in [-0.1, -0.05) is 134 Å². The molecular weight excluding hydrogens is 420 g/mol. The molecule has 2 aromatic rings. The monoisotopic (exact) mass is 476 g/mol. The van der Waals surface area contributed by atoms with Crippen LogP contribution in [0.15, 0.2) is 30.3 Å². The second-order valence-electron chi connectivity index (χ2n) is 16.0. The van der Waals surface area contributed by atoms with E-state index in [4.69, 9.17) is 0 Å². The van der Waals surface area contributed by atoms with Gasteiger partial charge in [-0.15, -0.1) is 0 Å². The molecule has 2 aromatic carbocycles. The molecule has 0 unspecified atom stereocenters. The van der Waals surface area contributed by atoms with Crippen molar-refractivity contribution in [1.82, 2.24) is 0 Å². The normalized spacial score (nSPS) is 13.9. The largest absolute Gasteiger partial charge is 0.0582 e. The summed E-state index contributed by atoms with van der Waals surface area (Å²) in [4.78, 5) is 0. The number of aryl methyl sites for hydroxylation is 2. The zero-order valence-electron chi connectivity index (χ0n) is 26.0. The predicted octanol–water partition coefficient (Wildman–Crippen LogP) is 10.3. The second kappa shape index (κ2) is 9.72. The summed E-state index contributed by atoms with van der Waals surface area (Å²) in [6.45, 7) is 35.4. The summed E-state index contributed by atoms with van der Waals surface area (Å²) in [7, 11) is 0. The van der Waals surface area contributed by atoms with Crippen molar-refractivity contribution in [1.29, 1.82) is 0 Å². The van der Waals surface area contributed by atoms with E-state index in [-0.39, 0.29) is 27.1 Å². The van der Waals surface area contributed by atoms with Crippen LogP contribution < -0.4 is 0 Å². The van der Waals surface area contributed by atoms with E-state index in [9.17, 15) is 0 Å². The van der Waals surface area contributed by atoms with Gasteiger partial charge in [-0.3, -0.25) is 0 Å². The number of rotatable bonds is 4. The third kappa shape index (κ3) is 7.47. The highest BCUT2D eigenvalue weighted by Crippen LogP contribution is 2.42. The fourth-order valence-electron chi connectivity index (χ4n) is 5.32. The van der Waals surface area contributed by atoms with Crippen LogP contribution >= 0.6 is 0 Å². The second-order valence-corrected chi connectivity index (χ2v) is 16.0. The SMILES string of the molecule is CC(C)(C)c1ccc(C(C)(C)C)c(CCCc2cc(C(C)(C)C)c(C(C)(C)C)c(C(C)(C)C)c2)c1. The summed E-state index contributed by atoms with van der Waals surface area (Å²) in [6, 6.07) is 12.3. The van der Waals surface area contributed by atoms with Gasteiger partial charge in [0.15, 0.2) is 0 Å². The molecule has 0 heteroatoms. The molecule has 0 spiro atoms. The maximum absolute atomic E-state index is 2.53. The summed E-state index contributed by atoms with van der Waals surface area (Å²) < 4.78 is 0. The smallest absolute Gasteiger partial charge is 0.0126 e. The first-order valence-electron chi connectivity index (χ1n) is 13.8. The van der Waals surface area contributed by atoms with E-state index in [0.717, 1.165) is 12.8 Å². The van der Waals surface area contributed by atoms with Crippen molar-refractivity contribution >= 4 is 0 Å². The van der Waals surface area contributed by atoms with Gasteiger partial charge in [0, 0.05) is 0 Å². The van der Waals surface area contributed by atoms with Gasteiger partial charge in [-0.25, -0.2) is 0 Å². The molecule has 0 saturated carbocycles. The van der Waals surface area contributed by atoms with E-state index in [1.54, 1.807) is 5.56 Å². The van der Waals surface area contributed by atoms with Gasteiger partial charge in [-0.2, -0.15) is 0 Å². The van der Waals surface area contributed by atoms with Crippen molar-refractivity contribution in [3.63, 3.8) is 0 Å². The number of benzene rings is 2. The molecule has 0 atom stereocenters. The minimum Gasteiger partial charge on any atom is -0.0582 e. The Morgan fingerprint density at radius 1 is 0.457 bits per heavy atom. The van der Waals surface area contributed by atoms with Gasteiger partial charge < -0.3 is 0 Å². The molecule has 35 heavy (non-hydrogen) atoms. The van der Waals surface area contributed by atoms with E-state index < -0.39 is 0 Å². The third-order valence-corrected chi connectivity index (χ3v) is 7.26. The van der Waals surface area contributed by atoms with Gasteiger partial charge in [0.2, 0.25) is 0 Å². The topological polar surface area (TPSA) is 0 Å². The van der Waals surface area contributed by atoms with Gasteiger partial charge in [0.05, 0.1) is 0 Å². The number of hydrogen-bond donors (Lipinski definition) is 0. The summed E-state index contributed by atoms with van der Waals surface area (Å²) in [5, 5.41) is 0. The molecule has 0 aromatic heterocycles. The molecule has 0 amide bonds. The lowest BCUT2D eigenvalue weighted by atomic mass is 9.68. The van der Waals surface area contributed by atoms with Crippen LogP contribution in [0.2, 0.25) is 0 Å². The fraction of sp³-hybridized carbons (Fsp3) is 0.657. The van der Waals surface area contributed by atoms with Crippen molar-refractivity contribution in [2.24, 2.45) is 0 Å². The predicted molar refractivity (Wildman–Crippen MR) is 158 cm³/mol. The van der Waals surface area contributed by atoms with E-state index in [1.165, 1.54) is 39.8 Å². The van der Waals surface area contributed by atoms with Gasteiger partial charge in [0.25, 0.3) is 0 Å². The first-order chi connectivity index (χ1) is 15.5. The summed E-state index contributed by atoms with van der Waals surface area (Å²) in [6.07, 6.45) is 3.44. The van der Waals surface area contributed by atoms with Crippen LogP contribution in [-0.4, -0.2) is 0 Å². The summed E-state index contributed by atoms with van der Waals surface area (Å²) in [5.74, 6) is 0. The van der Waals surface area contributed by atoms with E-state index >= 15 is 0 Å². The molecule has 0 radical (unpaired) electrons. The minimum absolute atomic E-state index is 0.124. The van der Waals surface area contributed by atoms with Crippen molar-refractivity contribution in [2.75, 3.05) is 0 Å². The van der Waals surface area contributed by atoms with E-state index in [1.807, 2.05) is 0 Å². The van der Waals surface area contributed by atoms with Crippen LogP contribution in [0.1, 0.15) is 149 Å². The Bertz CT molecular complexity index is 977. The lowest BCUT2D eigenvalue weighted by Crippen LogP contribution is -2.28. The molecule has 0 fully saturated rings. The molecular formula is C35H56. The highest BCUT2D eigenvalue weighted by molar-refractivity contribution is 5.49. The van der Waals surface area contributed by atoms with E-state index in [2.05, 4.69) is 134 Å². The summed E-state index contributed by atoms with van der Waals surface area (Å²) in [5.41, 5.74) is 11.3. The molecule has 2 rings (SSSR count). The first kappa shape index (κ1) is 29.7. The van der Waals surface area contributed by atoms with Crippen molar-refractivity contribution in [3.8, 4) is 0 Å². The van der Waals surface area contributed by atoms with Gasteiger partial charge in [-0.05, 0) is 85.3 Å². The lowest BCUT2D eigenvalue weighted by molar-refractivity contribution is 0.496. The Kier molecular flexibility index (Phi) is 8.24. The Labute approximate surface area is 219 Å². The molecule has 0 saturated heterocycles. The van der Waals surface area contributed by atoms with Crippen molar-refractivity contribution in [3.05, 3.63) is 69.3 Å². The third-order valence-electron chi connectivity index (χ3n) is 7.26. The van der Waals surface area contributed by atoms with E-state index in [0.29, 0.717) is 0 Å².